The summed E-state index contributed by atoms with van der Waals surface area (Å²) in [4.78, 5) is 26.6. The number of hydrogen-bond acceptors (Lipinski definition) is 3. The molecule has 0 aliphatic carbocycles. The fraction of sp³-hybridized carbons (Fsp3) is 0.300. The van der Waals surface area contributed by atoms with Gasteiger partial charge in [-0.2, -0.15) is 0 Å². The van der Waals surface area contributed by atoms with Gasteiger partial charge in [-0.3, -0.25) is 9.59 Å². The quantitative estimate of drug-likeness (QED) is 0.853. The molecule has 0 spiro atoms. The minimum Gasteiger partial charge on any atom is -0.344 e. The molecule has 1 aliphatic heterocycles. The van der Waals surface area contributed by atoms with Crippen molar-refractivity contribution in [3.63, 3.8) is 0 Å². The second-order valence-corrected chi connectivity index (χ2v) is 4.42. The van der Waals surface area contributed by atoms with Gasteiger partial charge in [0.15, 0.2) is 0 Å². The fourth-order valence-corrected chi connectivity index (χ4v) is 1.83. The fourth-order valence-electron chi connectivity index (χ4n) is 1.50. The van der Waals surface area contributed by atoms with E-state index in [2.05, 4.69) is 31.5 Å². The molecule has 1 aliphatic rings. The van der Waals surface area contributed by atoms with Crippen LogP contribution in [-0.4, -0.2) is 22.8 Å². The second kappa shape index (κ2) is 4.61. The molecule has 16 heavy (non-hydrogen) atoms. The van der Waals surface area contributed by atoms with E-state index in [1.165, 1.54) is 0 Å². The van der Waals surface area contributed by atoms with Gasteiger partial charge in [0.2, 0.25) is 11.8 Å². The average Bonchev–Trinajstić information content (AvgIpc) is 2.65. The summed E-state index contributed by atoms with van der Waals surface area (Å²) in [5, 5.41) is 5.25. The van der Waals surface area contributed by atoms with Crippen LogP contribution in [0.4, 0.5) is 5.82 Å². The van der Waals surface area contributed by atoms with Crippen LogP contribution >= 0.6 is 15.9 Å². The van der Waals surface area contributed by atoms with Crippen LogP contribution in [0.5, 0.6) is 0 Å². The molecule has 2 amide bonds. The molecular weight excluding hydrogens is 274 g/mol. The number of carbonyl (C=O) groups is 2. The molecule has 0 radical (unpaired) electrons. The molecule has 84 valence electrons. The number of rotatable bonds is 2. The predicted molar refractivity (Wildman–Crippen MR) is 61.7 cm³/mol. The first-order valence-corrected chi connectivity index (χ1v) is 5.66. The minimum atomic E-state index is -0.437. The van der Waals surface area contributed by atoms with Crippen molar-refractivity contribution in [2.45, 2.75) is 18.9 Å². The maximum Gasteiger partial charge on any atom is 0.248 e. The summed E-state index contributed by atoms with van der Waals surface area (Å²) in [6.45, 7) is 0. The zero-order valence-electron chi connectivity index (χ0n) is 8.37. The monoisotopic (exact) mass is 283 g/mol. The van der Waals surface area contributed by atoms with Crippen LogP contribution < -0.4 is 10.6 Å². The molecule has 1 atom stereocenters. The van der Waals surface area contributed by atoms with Crippen LogP contribution in [0.1, 0.15) is 12.8 Å². The van der Waals surface area contributed by atoms with E-state index < -0.39 is 6.04 Å². The Morgan fingerprint density at radius 1 is 1.62 bits per heavy atom. The third-order valence-electron chi connectivity index (χ3n) is 2.29. The highest BCUT2D eigenvalue weighted by Crippen LogP contribution is 2.14. The second-order valence-electron chi connectivity index (χ2n) is 3.51. The third-order valence-corrected chi connectivity index (χ3v) is 2.78. The van der Waals surface area contributed by atoms with Gasteiger partial charge in [0, 0.05) is 17.1 Å². The van der Waals surface area contributed by atoms with Crippen molar-refractivity contribution >= 4 is 33.6 Å². The first-order chi connectivity index (χ1) is 7.65. The van der Waals surface area contributed by atoms with E-state index in [-0.39, 0.29) is 11.8 Å². The van der Waals surface area contributed by atoms with E-state index in [4.69, 9.17) is 0 Å². The molecule has 2 heterocycles. The molecule has 0 aromatic carbocycles. The van der Waals surface area contributed by atoms with Gasteiger partial charge in [-0.1, -0.05) is 15.9 Å². The number of nitrogens with zero attached hydrogens (tertiary/aromatic N) is 1. The van der Waals surface area contributed by atoms with Gasteiger partial charge in [0.05, 0.1) is 0 Å². The summed E-state index contributed by atoms with van der Waals surface area (Å²) >= 11 is 3.28. The molecule has 6 heteroatoms. The zero-order chi connectivity index (χ0) is 11.5. The number of amides is 2. The van der Waals surface area contributed by atoms with Crippen LogP contribution in [0.25, 0.3) is 0 Å². The lowest BCUT2D eigenvalue weighted by atomic mass is 10.2. The van der Waals surface area contributed by atoms with E-state index in [1.807, 2.05) is 0 Å². The molecule has 1 aromatic rings. The lowest BCUT2D eigenvalue weighted by molar-refractivity contribution is -0.122. The first-order valence-electron chi connectivity index (χ1n) is 4.87. The Morgan fingerprint density at radius 2 is 2.44 bits per heavy atom. The topological polar surface area (TPSA) is 71.1 Å². The molecular formula is C10H10BrN3O2. The molecule has 1 aromatic heterocycles. The number of carbonyl (C=O) groups excluding carboxylic acids is 2. The van der Waals surface area contributed by atoms with Crippen LogP contribution in [0.2, 0.25) is 0 Å². The summed E-state index contributed by atoms with van der Waals surface area (Å²) in [5.41, 5.74) is 0. The summed E-state index contributed by atoms with van der Waals surface area (Å²) in [6, 6.07) is 3.04. The Kier molecular flexibility index (Phi) is 3.19. The Balaban J connectivity index is 1.99. The number of pyridine rings is 1. The highest BCUT2D eigenvalue weighted by molar-refractivity contribution is 9.10. The Hall–Kier alpha value is -1.43. The summed E-state index contributed by atoms with van der Waals surface area (Å²) < 4.78 is 0.841. The highest BCUT2D eigenvalue weighted by atomic mass is 79.9. The van der Waals surface area contributed by atoms with Gasteiger partial charge >= 0.3 is 0 Å². The maximum absolute atomic E-state index is 11.7. The number of aromatic nitrogens is 1. The average molecular weight is 284 g/mol. The van der Waals surface area contributed by atoms with Crippen LogP contribution in [0.3, 0.4) is 0 Å². The molecule has 2 rings (SSSR count). The van der Waals surface area contributed by atoms with Crippen LogP contribution in [-0.2, 0) is 9.59 Å². The molecule has 2 N–H and O–H groups in total. The highest BCUT2D eigenvalue weighted by Gasteiger charge is 2.27. The van der Waals surface area contributed by atoms with E-state index in [0.717, 1.165) is 4.47 Å². The van der Waals surface area contributed by atoms with Crippen molar-refractivity contribution in [1.29, 1.82) is 0 Å². The van der Waals surface area contributed by atoms with Crippen molar-refractivity contribution in [3.05, 3.63) is 22.8 Å². The smallest absolute Gasteiger partial charge is 0.248 e. The third kappa shape index (κ3) is 2.57. The molecule has 1 fully saturated rings. The van der Waals surface area contributed by atoms with Crippen molar-refractivity contribution in [1.82, 2.24) is 10.3 Å². The lowest BCUT2D eigenvalue weighted by Gasteiger charge is -2.10. The Labute approximate surface area is 101 Å². The molecule has 1 unspecified atom stereocenters. The van der Waals surface area contributed by atoms with Crippen molar-refractivity contribution < 1.29 is 9.59 Å². The van der Waals surface area contributed by atoms with Gasteiger partial charge in [-0.05, 0) is 18.6 Å². The predicted octanol–water partition coefficient (Wildman–Crippen LogP) is 1.06. The summed E-state index contributed by atoms with van der Waals surface area (Å²) in [6.07, 6.45) is 2.54. The number of hydrogen-bond donors (Lipinski definition) is 2. The van der Waals surface area contributed by atoms with E-state index in [0.29, 0.717) is 18.7 Å². The molecule has 0 bridgehead atoms. The van der Waals surface area contributed by atoms with Gasteiger partial charge in [-0.25, -0.2) is 4.98 Å². The van der Waals surface area contributed by atoms with E-state index in [1.54, 1.807) is 18.3 Å². The largest absolute Gasteiger partial charge is 0.344 e. The molecule has 5 nitrogen and oxygen atoms in total. The SMILES string of the molecule is O=C1CCC(C(=O)Nc2cc(Br)ccn2)N1. The van der Waals surface area contributed by atoms with E-state index in [9.17, 15) is 9.59 Å². The molecule has 0 saturated carbocycles. The van der Waals surface area contributed by atoms with Gasteiger partial charge < -0.3 is 10.6 Å². The Morgan fingerprint density at radius 3 is 3.06 bits per heavy atom. The van der Waals surface area contributed by atoms with Crippen molar-refractivity contribution in [3.8, 4) is 0 Å². The van der Waals surface area contributed by atoms with Crippen molar-refractivity contribution in [2.75, 3.05) is 5.32 Å². The van der Waals surface area contributed by atoms with Crippen LogP contribution in [0, 0.1) is 0 Å². The normalized spacial score (nSPS) is 19.3. The van der Waals surface area contributed by atoms with Crippen LogP contribution in [0.15, 0.2) is 22.8 Å². The lowest BCUT2D eigenvalue weighted by Crippen LogP contribution is -2.37. The summed E-state index contributed by atoms with van der Waals surface area (Å²) in [5.74, 6) is 0.166. The maximum atomic E-state index is 11.7. The number of anilines is 1. The Bertz CT molecular complexity index is 436. The minimum absolute atomic E-state index is 0.0812. The standard InChI is InChI=1S/C10H10BrN3O2/c11-6-3-4-12-8(5-6)14-10(16)7-1-2-9(15)13-7/h3-5,7H,1-2H2,(H,13,15)(H,12,14,16). The number of halogens is 1. The number of nitrogens with one attached hydrogen (secondary N) is 2. The molecule has 1 saturated heterocycles. The first kappa shape index (κ1) is 11.1. The van der Waals surface area contributed by atoms with Gasteiger partial charge in [0.25, 0.3) is 0 Å². The van der Waals surface area contributed by atoms with Gasteiger partial charge in [-0.15, -0.1) is 0 Å². The summed E-state index contributed by atoms with van der Waals surface area (Å²) in [7, 11) is 0. The van der Waals surface area contributed by atoms with Gasteiger partial charge in [0.1, 0.15) is 11.9 Å². The zero-order valence-corrected chi connectivity index (χ0v) is 9.95. The van der Waals surface area contributed by atoms with Crippen molar-refractivity contribution in [2.24, 2.45) is 0 Å². The van der Waals surface area contributed by atoms with E-state index >= 15 is 0 Å².